The molecule has 0 bridgehead atoms. The molecule has 2 heterocycles. The Morgan fingerprint density at radius 3 is 2.75 bits per heavy atom. The fraction of sp³-hybridized carbons (Fsp3) is 0.706. The van der Waals surface area contributed by atoms with Crippen molar-refractivity contribution in [3.05, 3.63) is 29.6 Å². The Kier molecular flexibility index (Phi) is 5.17. The van der Waals surface area contributed by atoms with Crippen LogP contribution in [-0.4, -0.2) is 36.1 Å². The van der Waals surface area contributed by atoms with Crippen molar-refractivity contribution in [3.8, 4) is 0 Å². The Hall–Kier alpha value is -0.930. The zero-order valence-electron chi connectivity index (χ0n) is 13.4. The number of hydrogen-bond donors (Lipinski definition) is 1. The van der Waals surface area contributed by atoms with Crippen molar-refractivity contribution >= 4 is 0 Å². The van der Waals surface area contributed by atoms with Crippen molar-refractivity contribution in [2.75, 3.05) is 26.2 Å². The van der Waals surface area contributed by atoms with Crippen molar-refractivity contribution in [2.45, 2.75) is 40.7 Å². The van der Waals surface area contributed by atoms with E-state index in [1.807, 2.05) is 0 Å². The summed E-state index contributed by atoms with van der Waals surface area (Å²) in [6.45, 7) is 14.6. The molecule has 0 saturated carbocycles. The van der Waals surface area contributed by atoms with Crippen LogP contribution in [-0.2, 0) is 6.54 Å². The molecule has 1 N–H and O–H groups in total. The molecule has 2 rings (SSSR count). The number of nitrogens with one attached hydrogen (secondary N) is 1. The molecule has 3 heteroatoms. The zero-order valence-corrected chi connectivity index (χ0v) is 13.4. The van der Waals surface area contributed by atoms with Crippen molar-refractivity contribution in [1.82, 2.24) is 15.2 Å². The van der Waals surface area contributed by atoms with Gasteiger partial charge in [-0.15, -0.1) is 0 Å². The van der Waals surface area contributed by atoms with Gasteiger partial charge in [-0.05, 0) is 49.9 Å². The van der Waals surface area contributed by atoms with Gasteiger partial charge >= 0.3 is 0 Å². The third kappa shape index (κ3) is 3.58. The van der Waals surface area contributed by atoms with Gasteiger partial charge in [0, 0.05) is 25.3 Å². The molecule has 0 aromatic carbocycles. The van der Waals surface area contributed by atoms with E-state index in [0.29, 0.717) is 5.41 Å². The van der Waals surface area contributed by atoms with E-state index in [-0.39, 0.29) is 0 Å². The smallest absolute Gasteiger partial charge is 0.0547 e. The summed E-state index contributed by atoms with van der Waals surface area (Å²) in [5.41, 5.74) is 2.73. The van der Waals surface area contributed by atoms with E-state index in [1.54, 1.807) is 0 Å². The molecule has 1 aliphatic heterocycles. The summed E-state index contributed by atoms with van der Waals surface area (Å²) in [7, 11) is 0. The predicted octanol–water partition coefficient (Wildman–Crippen LogP) is 2.85. The fourth-order valence-electron chi connectivity index (χ4n) is 3.21. The van der Waals surface area contributed by atoms with Gasteiger partial charge in [0.1, 0.15) is 0 Å². The molecular formula is C17H29N3. The Labute approximate surface area is 123 Å². The van der Waals surface area contributed by atoms with E-state index in [2.05, 4.69) is 61.1 Å². The lowest BCUT2D eigenvalue weighted by molar-refractivity contribution is 0.115. The lowest BCUT2D eigenvalue weighted by Gasteiger charge is -2.37. The first-order valence-electron chi connectivity index (χ1n) is 7.91. The highest BCUT2D eigenvalue weighted by molar-refractivity contribution is 5.10. The van der Waals surface area contributed by atoms with Crippen LogP contribution >= 0.6 is 0 Å². The quantitative estimate of drug-likeness (QED) is 0.865. The lowest BCUT2D eigenvalue weighted by atomic mass is 9.76. The SMILES string of the molecule is CCN(Cc1cccc(C)n1)CC1(C(C)C)CCNC1. The molecule has 1 aromatic rings. The van der Waals surface area contributed by atoms with Gasteiger partial charge in [-0.3, -0.25) is 9.88 Å². The molecular weight excluding hydrogens is 246 g/mol. The van der Waals surface area contributed by atoms with Gasteiger partial charge in [0.25, 0.3) is 0 Å². The van der Waals surface area contributed by atoms with Gasteiger partial charge in [-0.2, -0.15) is 0 Å². The molecule has 3 nitrogen and oxygen atoms in total. The van der Waals surface area contributed by atoms with Crippen LogP contribution in [0.1, 0.15) is 38.6 Å². The highest BCUT2D eigenvalue weighted by atomic mass is 15.1. The second kappa shape index (κ2) is 6.68. The van der Waals surface area contributed by atoms with Crippen LogP contribution < -0.4 is 5.32 Å². The molecule has 1 saturated heterocycles. The third-order valence-electron chi connectivity index (χ3n) is 4.82. The van der Waals surface area contributed by atoms with Crippen LogP contribution in [0.2, 0.25) is 0 Å². The minimum absolute atomic E-state index is 0.430. The first kappa shape index (κ1) is 15.5. The monoisotopic (exact) mass is 275 g/mol. The van der Waals surface area contributed by atoms with E-state index in [4.69, 9.17) is 0 Å². The van der Waals surface area contributed by atoms with Crippen LogP contribution in [0.3, 0.4) is 0 Å². The van der Waals surface area contributed by atoms with Crippen molar-refractivity contribution in [3.63, 3.8) is 0 Å². The Morgan fingerprint density at radius 1 is 1.40 bits per heavy atom. The molecule has 0 amide bonds. The summed E-state index contributed by atoms with van der Waals surface area (Å²) in [5.74, 6) is 0.719. The summed E-state index contributed by atoms with van der Waals surface area (Å²) in [5, 5.41) is 3.55. The summed E-state index contributed by atoms with van der Waals surface area (Å²) in [6, 6.07) is 6.32. The number of aryl methyl sites for hydroxylation is 1. The highest BCUT2D eigenvalue weighted by Crippen LogP contribution is 2.35. The number of pyridine rings is 1. The van der Waals surface area contributed by atoms with E-state index >= 15 is 0 Å². The molecule has 1 aliphatic rings. The number of rotatable bonds is 6. The van der Waals surface area contributed by atoms with Crippen LogP contribution in [0.25, 0.3) is 0 Å². The molecule has 112 valence electrons. The maximum Gasteiger partial charge on any atom is 0.0547 e. The third-order valence-corrected chi connectivity index (χ3v) is 4.82. The van der Waals surface area contributed by atoms with E-state index < -0.39 is 0 Å². The minimum Gasteiger partial charge on any atom is -0.316 e. The summed E-state index contributed by atoms with van der Waals surface area (Å²) in [6.07, 6.45) is 1.29. The molecule has 0 radical (unpaired) electrons. The molecule has 0 aliphatic carbocycles. The molecule has 0 spiro atoms. The fourth-order valence-corrected chi connectivity index (χ4v) is 3.21. The molecule has 1 atom stereocenters. The maximum absolute atomic E-state index is 4.65. The predicted molar refractivity (Wildman–Crippen MR) is 84.7 cm³/mol. The second-order valence-electron chi connectivity index (χ2n) is 6.52. The van der Waals surface area contributed by atoms with Gasteiger partial charge < -0.3 is 5.32 Å². The number of aromatic nitrogens is 1. The molecule has 20 heavy (non-hydrogen) atoms. The Bertz CT molecular complexity index is 422. The normalized spacial score (nSPS) is 22.9. The van der Waals surface area contributed by atoms with Gasteiger partial charge in [0.15, 0.2) is 0 Å². The maximum atomic E-state index is 4.65. The topological polar surface area (TPSA) is 28.2 Å². The molecule has 1 aromatic heterocycles. The average molecular weight is 275 g/mol. The van der Waals surface area contributed by atoms with Crippen molar-refractivity contribution in [2.24, 2.45) is 11.3 Å². The van der Waals surface area contributed by atoms with E-state index in [0.717, 1.165) is 31.2 Å². The van der Waals surface area contributed by atoms with Crippen LogP contribution in [0.5, 0.6) is 0 Å². The second-order valence-corrected chi connectivity index (χ2v) is 6.52. The largest absolute Gasteiger partial charge is 0.316 e. The molecule has 1 unspecified atom stereocenters. The van der Waals surface area contributed by atoms with Gasteiger partial charge in [0.2, 0.25) is 0 Å². The zero-order chi connectivity index (χ0) is 14.6. The Balaban J connectivity index is 2.05. The van der Waals surface area contributed by atoms with E-state index in [1.165, 1.54) is 25.2 Å². The van der Waals surface area contributed by atoms with Crippen molar-refractivity contribution in [1.29, 1.82) is 0 Å². The standard InChI is InChI=1S/C17H29N3/c1-5-20(11-16-8-6-7-15(4)19-16)13-17(14(2)3)9-10-18-12-17/h6-8,14,18H,5,9-13H2,1-4H3. The van der Waals surface area contributed by atoms with Gasteiger partial charge in [-0.25, -0.2) is 0 Å². The number of nitrogens with zero attached hydrogens (tertiary/aromatic N) is 2. The van der Waals surface area contributed by atoms with Crippen LogP contribution in [0.15, 0.2) is 18.2 Å². The highest BCUT2D eigenvalue weighted by Gasteiger charge is 2.38. The van der Waals surface area contributed by atoms with E-state index in [9.17, 15) is 0 Å². The summed E-state index contributed by atoms with van der Waals surface area (Å²) in [4.78, 5) is 7.20. The molecule has 1 fully saturated rings. The number of hydrogen-bond acceptors (Lipinski definition) is 3. The van der Waals surface area contributed by atoms with Crippen LogP contribution in [0, 0.1) is 18.3 Å². The minimum atomic E-state index is 0.430. The summed E-state index contributed by atoms with van der Waals surface area (Å²) >= 11 is 0. The van der Waals surface area contributed by atoms with Crippen LogP contribution in [0.4, 0.5) is 0 Å². The van der Waals surface area contributed by atoms with Gasteiger partial charge in [0.05, 0.1) is 5.69 Å². The first-order chi connectivity index (χ1) is 9.55. The van der Waals surface area contributed by atoms with Crippen molar-refractivity contribution < 1.29 is 0 Å². The lowest BCUT2D eigenvalue weighted by Crippen LogP contribution is -2.42. The van der Waals surface area contributed by atoms with Gasteiger partial charge in [-0.1, -0.05) is 26.8 Å². The average Bonchev–Trinajstić information content (AvgIpc) is 2.88. The first-order valence-corrected chi connectivity index (χ1v) is 7.91. The summed E-state index contributed by atoms with van der Waals surface area (Å²) < 4.78 is 0. The Morgan fingerprint density at radius 2 is 2.20 bits per heavy atom.